The molecule has 0 fully saturated rings. The van der Waals surface area contributed by atoms with Crippen LogP contribution >= 0.6 is 0 Å². The summed E-state index contributed by atoms with van der Waals surface area (Å²) in [7, 11) is 0. The third-order valence-corrected chi connectivity index (χ3v) is 2.99. The average Bonchev–Trinajstić information content (AvgIpc) is 2.98. The number of nitrogens with one attached hydrogen (secondary N) is 1. The van der Waals surface area contributed by atoms with Crippen LogP contribution in [0.2, 0.25) is 0 Å². The Kier molecular flexibility index (Phi) is 3.20. The summed E-state index contributed by atoms with van der Waals surface area (Å²) in [5.74, 6) is 4.77. The largest absolute Gasteiger partial charge is 0.359 e. The molecule has 3 rings (SSSR count). The van der Waals surface area contributed by atoms with Crippen molar-refractivity contribution in [3.8, 4) is 0 Å². The fourth-order valence-electron chi connectivity index (χ4n) is 1.96. The monoisotopic (exact) mass is 285 g/mol. The summed E-state index contributed by atoms with van der Waals surface area (Å²) in [6.45, 7) is 0.0779. The van der Waals surface area contributed by atoms with E-state index in [0.29, 0.717) is 11.1 Å². The van der Waals surface area contributed by atoms with Crippen molar-refractivity contribution in [3.05, 3.63) is 58.3 Å². The second-order valence-electron chi connectivity index (χ2n) is 4.35. The highest BCUT2D eigenvalue weighted by Gasteiger charge is 2.12. The minimum Gasteiger partial charge on any atom is -0.359 e. The predicted molar refractivity (Wildman–Crippen MR) is 73.3 cm³/mol. The molecule has 0 radical (unpaired) electrons. The average molecular weight is 285 g/mol. The van der Waals surface area contributed by atoms with Crippen LogP contribution in [0, 0.1) is 0 Å². The molecule has 2 aromatic heterocycles. The van der Waals surface area contributed by atoms with Crippen LogP contribution in [0.3, 0.4) is 0 Å². The van der Waals surface area contributed by atoms with E-state index < -0.39 is 5.91 Å². The van der Waals surface area contributed by atoms with Crippen molar-refractivity contribution in [1.82, 2.24) is 20.4 Å². The van der Waals surface area contributed by atoms with Crippen molar-refractivity contribution in [1.29, 1.82) is 0 Å². The van der Waals surface area contributed by atoms with Gasteiger partial charge in [-0.05, 0) is 6.07 Å². The number of rotatable bonds is 3. The number of nitrogens with zero attached hydrogens (tertiary/aromatic N) is 3. The Morgan fingerprint density at radius 2 is 2.19 bits per heavy atom. The van der Waals surface area contributed by atoms with Crippen molar-refractivity contribution in [2.45, 2.75) is 6.54 Å². The fraction of sp³-hybridized carbons (Fsp3) is 0.0769. The summed E-state index contributed by atoms with van der Waals surface area (Å²) in [5, 5.41) is 8.96. The third kappa shape index (κ3) is 2.39. The predicted octanol–water partition coefficient (Wildman–Crippen LogP) is 0.0363. The van der Waals surface area contributed by atoms with Gasteiger partial charge in [-0.15, -0.1) is 0 Å². The number of amides is 1. The highest BCUT2D eigenvalue weighted by Crippen LogP contribution is 2.08. The Labute approximate surface area is 118 Å². The van der Waals surface area contributed by atoms with Crippen LogP contribution in [-0.4, -0.2) is 20.8 Å². The van der Waals surface area contributed by atoms with E-state index >= 15 is 0 Å². The second-order valence-corrected chi connectivity index (χ2v) is 4.35. The molecule has 106 valence electrons. The maximum atomic E-state index is 12.3. The van der Waals surface area contributed by atoms with Gasteiger partial charge in [0.25, 0.3) is 11.5 Å². The molecule has 8 nitrogen and oxygen atoms in total. The number of hydrogen-bond acceptors (Lipinski definition) is 6. The first kappa shape index (κ1) is 13.0. The van der Waals surface area contributed by atoms with Gasteiger partial charge in [-0.25, -0.2) is 10.5 Å². The lowest BCUT2D eigenvalue weighted by Gasteiger charge is -2.03. The van der Waals surface area contributed by atoms with Crippen LogP contribution in [0.4, 0.5) is 0 Å². The van der Waals surface area contributed by atoms with Crippen LogP contribution < -0.4 is 16.8 Å². The van der Waals surface area contributed by atoms with Crippen molar-refractivity contribution >= 4 is 16.7 Å². The van der Waals surface area contributed by atoms with Gasteiger partial charge in [0.15, 0.2) is 11.5 Å². The Balaban J connectivity index is 1.95. The second kappa shape index (κ2) is 5.17. The fourth-order valence-corrected chi connectivity index (χ4v) is 1.96. The maximum absolute atomic E-state index is 12.3. The summed E-state index contributed by atoms with van der Waals surface area (Å²) < 4.78 is 6.24. The Morgan fingerprint density at radius 3 is 3.00 bits per heavy atom. The van der Waals surface area contributed by atoms with Gasteiger partial charge in [-0.3, -0.25) is 15.0 Å². The molecule has 8 heteroatoms. The lowest BCUT2D eigenvalue weighted by atomic mass is 10.2. The Bertz CT molecular complexity index is 867. The lowest BCUT2D eigenvalue weighted by Crippen LogP contribution is -2.30. The third-order valence-electron chi connectivity index (χ3n) is 2.99. The molecule has 0 aliphatic rings. The molecule has 0 aliphatic carbocycles. The molecule has 2 heterocycles. The molecule has 0 aliphatic heterocycles. The molecule has 0 spiro atoms. The maximum Gasteiger partial charge on any atom is 0.287 e. The standard InChI is InChI=1S/C13H11N5O3/c14-16-12(19)11-5-9(21-17-11)7-18-13(20)10-4-2-1-3-8(10)6-15-18/h1-6H,7,14H2,(H,16,19). The molecular weight excluding hydrogens is 274 g/mol. The van der Waals surface area contributed by atoms with Gasteiger partial charge in [0.05, 0.1) is 11.6 Å². The zero-order chi connectivity index (χ0) is 14.8. The number of nitrogens with two attached hydrogens (primary N) is 1. The van der Waals surface area contributed by atoms with Gasteiger partial charge in [0.2, 0.25) is 0 Å². The summed E-state index contributed by atoms with van der Waals surface area (Å²) in [6, 6.07) is 8.56. The van der Waals surface area contributed by atoms with Crippen LogP contribution in [0.5, 0.6) is 0 Å². The van der Waals surface area contributed by atoms with E-state index in [-0.39, 0.29) is 17.8 Å². The van der Waals surface area contributed by atoms with Gasteiger partial charge in [-0.2, -0.15) is 5.10 Å². The van der Waals surface area contributed by atoms with Gasteiger partial charge in [0, 0.05) is 11.5 Å². The summed E-state index contributed by atoms with van der Waals surface area (Å²) in [5.41, 5.74) is 1.75. The van der Waals surface area contributed by atoms with E-state index in [1.54, 1.807) is 18.3 Å². The highest BCUT2D eigenvalue weighted by molar-refractivity contribution is 5.91. The van der Waals surface area contributed by atoms with E-state index in [9.17, 15) is 9.59 Å². The molecule has 0 atom stereocenters. The molecule has 3 N–H and O–H groups in total. The van der Waals surface area contributed by atoms with Gasteiger partial charge in [0.1, 0.15) is 6.54 Å². The first-order chi connectivity index (χ1) is 10.2. The first-order valence-electron chi connectivity index (χ1n) is 6.10. The molecule has 21 heavy (non-hydrogen) atoms. The van der Waals surface area contributed by atoms with Crippen LogP contribution in [0.25, 0.3) is 10.8 Å². The van der Waals surface area contributed by atoms with Crippen LogP contribution in [-0.2, 0) is 6.54 Å². The molecular formula is C13H11N5O3. The summed E-state index contributed by atoms with van der Waals surface area (Å²) in [4.78, 5) is 23.5. The smallest absolute Gasteiger partial charge is 0.287 e. The van der Waals surface area contributed by atoms with Gasteiger partial charge in [-0.1, -0.05) is 23.4 Å². The normalized spacial score (nSPS) is 10.7. The Morgan fingerprint density at radius 1 is 1.38 bits per heavy atom. The number of carbonyl (C=O) groups excluding carboxylic acids is 1. The minimum atomic E-state index is -0.566. The van der Waals surface area contributed by atoms with Crippen molar-refractivity contribution in [2.75, 3.05) is 0 Å². The topological polar surface area (TPSA) is 116 Å². The summed E-state index contributed by atoms with van der Waals surface area (Å²) in [6.07, 6.45) is 1.60. The molecule has 1 aromatic carbocycles. The molecule has 0 saturated carbocycles. The van der Waals surface area contributed by atoms with Gasteiger partial charge < -0.3 is 4.52 Å². The van der Waals surface area contributed by atoms with Gasteiger partial charge >= 0.3 is 0 Å². The highest BCUT2D eigenvalue weighted by atomic mass is 16.5. The number of aromatic nitrogens is 3. The minimum absolute atomic E-state index is 0.0429. The molecule has 3 aromatic rings. The van der Waals surface area contributed by atoms with E-state index in [1.165, 1.54) is 10.7 Å². The number of fused-ring (bicyclic) bond motifs is 1. The van der Waals surface area contributed by atoms with Crippen molar-refractivity contribution in [2.24, 2.45) is 5.84 Å². The van der Waals surface area contributed by atoms with Crippen molar-refractivity contribution in [3.63, 3.8) is 0 Å². The molecule has 1 amide bonds. The van der Waals surface area contributed by atoms with E-state index in [0.717, 1.165) is 5.39 Å². The number of hydrogen-bond donors (Lipinski definition) is 2. The quantitative estimate of drug-likeness (QED) is 0.398. The number of benzene rings is 1. The lowest BCUT2D eigenvalue weighted by molar-refractivity contribution is 0.0944. The molecule has 0 bridgehead atoms. The number of nitrogen functional groups attached to an aromatic ring is 1. The van der Waals surface area contributed by atoms with Crippen LogP contribution in [0.15, 0.2) is 45.8 Å². The zero-order valence-corrected chi connectivity index (χ0v) is 10.8. The van der Waals surface area contributed by atoms with Crippen molar-refractivity contribution < 1.29 is 9.32 Å². The number of hydrazine groups is 1. The molecule has 0 saturated heterocycles. The first-order valence-corrected chi connectivity index (χ1v) is 6.10. The van der Waals surface area contributed by atoms with E-state index in [1.807, 2.05) is 17.6 Å². The van der Waals surface area contributed by atoms with E-state index in [4.69, 9.17) is 10.4 Å². The number of carbonyl (C=O) groups is 1. The van der Waals surface area contributed by atoms with Crippen LogP contribution in [0.1, 0.15) is 16.2 Å². The SMILES string of the molecule is NNC(=O)c1cc(Cn2ncc3ccccc3c2=O)on1. The summed E-state index contributed by atoms with van der Waals surface area (Å²) >= 11 is 0. The molecule has 0 unspecified atom stereocenters. The zero-order valence-electron chi connectivity index (χ0n) is 10.8. The van der Waals surface area contributed by atoms with E-state index in [2.05, 4.69) is 10.3 Å². The Hall–Kier alpha value is -3.00.